The van der Waals surface area contributed by atoms with Crippen molar-refractivity contribution in [2.45, 2.75) is 25.4 Å². The van der Waals surface area contributed by atoms with Crippen LogP contribution in [-0.2, 0) is 16.0 Å². The van der Waals surface area contributed by atoms with Gasteiger partial charge in [-0.2, -0.15) is 0 Å². The molecule has 0 atom stereocenters. The smallest absolute Gasteiger partial charge is 0.226 e. The van der Waals surface area contributed by atoms with E-state index in [1.165, 1.54) is 0 Å². The monoisotopic (exact) mass is 349 g/mol. The number of alkyl halides is 1. The molecular weight excluding hydrogens is 333 g/mol. The number of hydrogen-bond acceptors (Lipinski definition) is 2. The zero-order valence-electron chi connectivity index (χ0n) is 11.7. The van der Waals surface area contributed by atoms with Crippen molar-refractivity contribution in [2.24, 2.45) is 0 Å². The Balaban J connectivity index is 1.83. The van der Waals surface area contributed by atoms with Crippen LogP contribution in [0.5, 0.6) is 0 Å². The summed E-state index contributed by atoms with van der Waals surface area (Å²) in [7, 11) is 0. The average molecular weight is 351 g/mol. The summed E-state index contributed by atoms with van der Waals surface area (Å²) in [5.74, 6) is 0.625. The van der Waals surface area contributed by atoms with Crippen LogP contribution >= 0.6 is 34.8 Å². The van der Waals surface area contributed by atoms with Gasteiger partial charge < -0.3 is 9.64 Å². The molecule has 1 amide bonds. The van der Waals surface area contributed by atoms with Crippen molar-refractivity contribution < 1.29 is 9.53 Å². The van der Waals surface area contributed by atoms with Crippen LogP contribution in [0, 0.1) is 0 Å². The zero-order valence-corrected chi connectivity index (χ0v) is 13.9. The van der Waals surface area contributed by atoms with Crippen LogP contribution in [0.2, 0.25) is 10.0 Å². The first kappa shape index (κ1) is 16.9. The summed E-state index contributed by atoms with van der Waals surface area (Å²) in [5, 5.41) is 0.986. The molecule has 1 heterocycles. The summed E-state index contributed by atoms with van der Waals surface area (Å²) >= 11 is 17.4. The fraction of sp³-hybridized carbons (Fsp3) is 0.533. The molecule has 1 saturated heterocycles. The number of carbonyl (C=O) groups excluding carboxylic acids is 1. The molecule has 0 unspecified atom stereocenters. The molecule has 0 aromatic heterocycles. The highest BCUT2D eigenvalue weighted by molar-refractivity contribution is 6.42. The van der Waals surface area contributed by atoms with Crippen LogP contribution in [0.15, 0.2) is 18.2 Å². The Morgan fingerprint density at radius 1 is 1.24 bits per heavy atom. The second-order valence-electron chi connectivity index (χ2n) is 5.07. The second kappa shape index (κ2) is 8.23. The lowest BCUT2D eigenvalue weighted by Crippen LogP contribution is -2.41. The number of benzene rings is 1. The maximum atomic E-state index is 12.3. The molecule has 6 heteroatoms. The fourth-order valence-corrected chi connectivity index (χ4v) is 2.83. The quantitative estimate of drug-likeness (QED) is 0.756. The minimum atomic E-state index is 0.115. The van der Waals surface area contributed by atoms with Crippen molar-refractivity contribution in [1.29, 1.82) is 0 Å². The third-order valence-corrected chi connectivity index (χ3v) is 4.46. The van der Waals surface area contributed by atoms with Gasteiger partial charge in [-0.1, -0.05) is 29.3 Å². The van der Waals surface area contributed by atoms with E-state index in [4.69, 9.17) is 39.5 Å². The zero-order chi connectivity index (χ0) is 15.2. The van der Waals surface area contributed by atoms with Gasteiger partial charge in [-0.25, -0.2) is 0 Å². The largest absolute Gasteiger partial charge is 0.377 e. The Morgan fingerprint density at radius 3 is 2.57 bits per heavy atom. The van der Waals surface area contributed by atoms with E-state index in [1.54, 1.807) is 12.1 Å². The molecule has 3 nitrogen and oxygen atoms in total. The van der Waals surface area contributed by atoms with E-state index < -0.39 is 0 Å². The van der Waals surface area contributed by atoms with E-state index in [0.717, 1.165) is 31.5 Å². The van der Waals surface area contributed by atoms with Crippen LogP contribution in [0.1, 0.15) is 18.4 Å². The SMILES string of the molecule is O=C(Cc1ccc(Cl)c(Cl)c1)N1CCC(OCCCl)CC1. The van der Waals surface area contributed by atoms with Crippen LogP contribution < -0.4 is 0 Å². The van der Waals surface area contributed by atoms with E-state index in [0.29, 0.717) is 29.0 Å². The summed E-state index contributed by atoms with van der Waals surface area (Å²) < 4.78 is 5.61. The van der Waals surface area contributed by atoms with Gasteiger partial charge in [-0.3, -0.25) is 4.79 Å². The first-order valence-electron chi connectivity index (χ1n) is 6.99. The second-order valence-corrected chi connectivity index (χ2v) is 6.26. The summed E-state index contributed by atoms with van der Waals surface area (Å²) in [6.45, 7) is 2.03. The Kier molecular flexibility index (Phi) is 6.62. The maximum absolute atomic E-state index is 12.3. The van der Waals surface area contributed by atoms with Crippen LogP contribution in [0.3, 0.4) is 0 Å². The molecule has 0 spiro atoms. The summed E-state index contributed by atoms with van der Waals surface area (Å²) in [6, 6.07) is 5.30. The predicted molar refractivity (Wildman–Crippen MR) is 86.4 cm³/mol. The number of likely N-dealkylation sites (tertiary alicyclic amines) is 1. The number of halogens is 3. The van der Waals surface area contributed by atoms with E-state index in [2.05, 4.69) is 0 Å². The highest BCUT2D eigenvalue weighted by Gasteiger charge is 2.23. The molecule has 1 fully saturated rings. The molecule has 1 aromatic rings. The third-order valence-electron chi connectivity index (χ3n) is 3.56. The Labute approximate surface area is 140 Å². The van der Waals surface area contributed by atoms with Crippen molar-refractivity contribution in [2.75, 3.05) is 25.6 Å². The molecule has 0 N–H and O–H groups in total. The van der Waals surface area contributed by atoms with Gasteiger partial charge in [-0.05, 0) is 30.5 Å². The van der Waals surface area contributed by atoms with E-state index in [-0.39, 0.29) is 12.0 Å². The van der Waals surface area contributed by atoms with Gasteiger partial charge in [0.2, 0.25) is 5.91 Å². The number of carbonyl (C=O) groups is 1. The topological polar surface area (TPSA) is 29.5 Å². The number of piperidine rings is 1. The normalized spacial score (nSPS) is 16.2. The molecule has 0 aliphatic carbocycles. The van der Waals surface area contributed by atoms with Gasteiger partial charge in [0.15, 0.2) is 0 Å². The van der Waals surface area contributed by atoms with Crippen molar-refractivity contribution in [1.82, 2.24) is 4.90 Å². The molecule has 116 valence electrons. The molecule has 0 bridgehead atoms. The number of nitrogens with zero attached hydrogens (tertiary/aromatic N) is 1. The summed E-state index contributed by atoms with van der Waals surface area (Å²) in [4.78, 5) is 14.2. The van der Waals surface area contributed by atoms with Crippen molar-refractivity contribution in [3.05, 3.63) is 33.8 Å². The highest BCUT2D eigenvalue weighted by atomic mass is 35.5. The summed E-state index contributed by atoms with van der Waals surface area (Å²) in [6.07, 6.45) is 2.30. The molecule has 0 radical (unpaired) electrons. The lowest BCUT2D eigenvalue weighted by atomic mass is 10.1. The van der Waals surface area contributed by atoms with Gasteiger partial charge in [0.05, 0.1) is 29.2 Å². The molecular formula is C15H18Cl3NO2. The van der Waals surface area contributed by atoms with Crippen molar-refractivity contribution in [3.63, 3.8) is 0 Å². The van der Waals surface area contributed by atoms with E-state index >= 15 is 0 Å². The van der Waals surface area contributed by atoms with E-state index in [9.17, 15) is 4.79 Å². The van der Waals surface area contributed by atoms with Gasteiger partial charge >= 0.3 is 0 Å². The minimum absolute atomic E-state index is 0.115. The predicted octanol–water partition coefficient (Wildman–Crippen LogP) is 3.78. The molecule has 1 aromatic carbocycles. The maximum Gasteiger partial charge on any atom is 0.226 e. The van der Waals surface area contributed by atoms with Gasteiger partial charge in [0.1, 0.15) is 0 Å². The number of hydrogen-bond donors (Lipinski definition) is 0. The minimum Gasteiger partial charge on any atom is -0.377 e. The molecule has 21 heavy (non-hydrogen) atoms. The highest BCUT2D eigenvalue weighted by Crippen LogP contribution is 2.23. The van der Waals surface area contributed by atoms with Crippen LogP contribution in [0.25, 0.3) is 0 Å². The van der Waals surface area contributed by atoms with Crippen LogP contribution in [0.4, 0.5) is 0 Å². The first-order valence-corrected chi connectivity index (χ1v) is 8.28. The Hall–Kier alpha value is -0.480. The fourth-order valence-electron chi connectivity index (χ4n) is 2.42. The van der Waals surface area contributed by atoms with Gasteiger partial charge in [-0.15, -0.1) is 11.6 Å². The number of amides is 1. The van der Waals surface area contributed by atoms with Gasteiger partial charge in [0, 0.05) is 19.0 Å². The van der Waals surface area contributed by atoms with Crippen molar-refractivity contribution in [3.8, 4) is 0 Å². The third kappa shape index (κ3) is 5.03. The van der Waals surface area contributed by atoms with E-state index in [1.807, 2.05) is 11.0 Å². The Bertz CT molecular complexity index is 488. The standard InChI is InChI=1S/C15H18Cl3NO2/c16-5-8-21-12-3-6-19(7-4-12)15(20)10-11-1-2-13(17)14(18)9-11/h1-2,9,12H,3-8,10H2. The number of rotatable bonds is 5. The molecule has 1 aliphatic heterocycles. The van der Waals surface area contributed by atoms with Crippen LogP contribution in [-0.4, -0.2) is 42.5 Å². The molecule has 0 saturated carbocycles. The average Bonchev–Trinajstić information content (AvgIpc) is 2.49. The number of ether oxygens (including phenoxy) is 1. The van der Waals surface area contributed by atoms with Crippen molar-refractivity contribution >= 4 is 40.7 Å². The molecule has 2 rings (SSSR count). The Morgan fingerprint density at radius 2 is 1.95 bits per heavy atom. The van der Waals surface area contributed by atoms with Gasteiger partial charge in [0.25, 0.3) is 0 Å². The summed E-state index contributed by atoms with van der Waals surface area (Å²) in [5.41, 5.74) is 0.884. The molecule has 1 aliphatic rings. The first-order chi connectivity index (χ1) is 10.1. The lowest BCUT2D eigenvalue weighted by molar-refractivity contribution is -0.133. The lowest BCUT2D eigenvalue weighted by Gasteiger charge is -2.32.